The molecule has 25 heavy (non-hydrogen) atoms. The van der Waals surface area contributed by atoms with Crippen molar-refractivity contribution in [2.75, 3.05) is 11.9 Å². The molecule has 1 saturated heterocycles. The molecule has 3 rings (SSSR count). The summed E-state index contributed by atoms with van der Waals surface area (Å²) >= 11 is 11.9. The maximum absolute atomic E-state index is 12.3. The third kappa shape index (κ3) is 3.72. The standard InChI is InChI=1S/C18H18Cl2N2O3/c19-13-7-3-8-14(16(13)20)21-15(23)9-4-10-22-17(24)11-5-1-2-6-12(11)18(22)25/h1-3,7-8,11-12H,4-6,9-10H2,(H,21,23)/t11-,12-/m0/s1. The number of rotatable bonds is 5. The molecule has 1 heterocycles. The number of hydrogen-bond acceptors (Lipinski definition) is 3. The Morgan fingerprint density at radius 1 is 1.12 bits per heavy atom. The first kappa shape index (κ1) is 18.0. The Kier molecular flexibility index (Phi) is 5.45. The molecule has 3 amide bonds. The monoisotopic (exact) mass is 380 g/mol. The van der Waals surface area contributed by atoms with Gasteiger partial charge in [0.15, 0.2) is 0 Å². The first-order valence-electron chi connectivity index (χ1n) is 8.23. The van der Waals surface area contributed by atoms with E-state index in [2.05, 4.69) is 5.32 Å². The Bertz CT molecular complexity index is 722. The molecule has 5 nitrogen and oxygen atoms in total. The third-order valence-corrected chi connectivity index (χ3v) is 5.43. The number of allylic oxidation sites excluding steroid dienone is 2. The summed E-state index contributed by atoms with van der Waals surface area (Å²) < 4.78 is 0. The SMILES string of the molecule is O=C(CCCN1C(=O)[C@H]2CC=CC[C@@H]2C1=O)Nc1cccc(Cl)c1Cl. The van der Waals surface area contributed by atoms with Crippen molar-refractivity contribution in [1.29, 1.82) is 0 Å². The van der Waals surface area contributed by atoms with E-state index in [-0.39, 0.29) is 42.5 Å². The third-order valence-electron chi connectivity index (χ3n) is 4.61. The minimum atomic E-state index is -0.234. The fraction of sp³-hybridized carbons (Fsp3) is 0.389. The zero-order chi connectivity index (χ0) is 18.0. The number of benzene rings is 1. The Morgan fingerprint density at radius 3 is 2.40 bits per heavy atom. The van der Waals surface area contributed by atoms with Crippen LogP contribution in [0.2, 0.25) is 10.0 Å². The lowest BCUT2D eigenvalue weighted by Gasteiger charge is -2.14. The van der Waals surface area contributed by atoms with Crippen molar-refractivity contribution < 1.29 is 14.4 Å². The molecule has 0 bridgehead atoms. The highest BCUT2D eigenvalue weighted by Crippen LogP contribution is 2.35. The predicted molar refractivity (Wildman–Crippen MR) is 96.4 cm³/mol. The van der Waals surface area contributed by atoms with Gasteiger partial charge < -0.3 is 5.32 Å². The van der Waals surface area contributed by atoms with Crippen LogP contribution in [-0.2, 0) is 14.4 Å². The minimum absolute atomic E-state index is 0.113. The Hall–Kier alpha value is -1.85. The molecule has 7 heteroatoms. The second-order valence-corrected chi connectivity index (χ2v) is 7.02. The molecular formula is C18H18Cl2N2O3. The fourth-order valence-corrected chi connectivity index (χ4v) is 3.65. The average molecular weight is 381 g/mol. The summed E-state index contributed by atoms with van der Waals surface area (Å²) in [6, 6.07) is 5.00. The van der Waals surface area contributed by atoms with Gasteiger partial charge in [-0.15, -0.1) is 0 Å². The van der Waals surface area contributed by atoms with Crippen LogP contribution in [0.5, 0.6) is 0 Å². The van der Waals surface area contributed by atoms with Crippen LogP contribution in [0.15, 0.2) is 30.4 Å². The second-order valence-electron chi connectivity index (χ2n) is 6.24. The number of hydrogen-bond donors (Lipinski definition) is 1. The van der Waals surface area contributed by atoms with Crippen LogP contribution in [0.3, 0.4) is 0 Å². The fourth-order valence-electron chi connectivity index (χ4n) is 3.30. The molecule has 0 saturated carbocycles. The molecule has 2 aliphatic rings. The molecule has 2 atom stereocenters. The highest BCUT2D eigenvalue weighted by Gasteiger charge is 2.46. The van der Waals surface area contributed by atoms with Gasteiger partial charge in [0.25, 0.3) is 0 Å². The van der Waals surface area contributed by atoms with Crippen LogP contribution in [0.25, 0.3) is 0 Å². The maximum atomic E-state index is 12.3. The number of fused-ring (bicyclic) bond motifs is 1. The Morgan fingerprint density at radius 2 is 1.76 bits per heavy atom. The van der Waals surface area contributed by atoms with Gasteiger partial charge in [0.1, 0.15) is 0 Å². The van der Waals surface area contributed by atoms with Gasteiger partial charge in [0.05, 0.1) is 27.6 Å². The average Bonchev–Trinajstić information content (AvgIpc) is 2.84. The molecule has 1 aliphatic carbocycles. The van der Waals surface area contributed by atoms with Gasteiger partial charge in [-0.3, -0.25) is 19.3 Å². The summed E-state index contributed by atoms with van der Waals surface area (Å²) in [5.41, 5.74) is 0.449. The number of likely N-dealkylation sites (tertiary alicyclic amines) is 1. The number of carbonyl (C=O) groups excluding carboxylic acids is 3. The van der Waals surface area contributed by atoms with Crippen molar-refractivity contribution >= 4 is 46.6 Å². The summed E-state index contributed by atoms with van der Waals surface area (Å²) in [4.78, 5) is 38.0. The van der Waals surface area contributed by atoms with Gasteiger partial charge in [-0.25, -0.2) is 0 Å². The molecule has 1 aliphatic heterocycles. The number of carbonyl (C=O) groups is 3. The molecule has 1 aromatic rings. The van der Waals surface area contributed by atoms with Crippen LogP contribution >= 0.6 is 23.2 Å². The van der Waals surface area contributed by atoms with E-state index in [9.17, 15) is 14.4 Å². The molecule has 1 aromatic carbocycles. The van der Waals surface area contributed by atoms with E-state index in [0.29, 0.717) is 35.0 Å². The summed E-state index contributed by atoms with van der Waals surface area (Å²) in [5.74, 6) is -0.911. The lowest BCUT2D eigenvalue weighted by Crippen LogP contribution is -2.32. The van der Waals surface area contributed by atoms with E-state index in [4.69, 9.17) is 23.2 Å². The zero-order valence-corrected chi connectivity index (χ0v) is 15.0. The first-order chi connectivity index (χ1) is 12.0. The summed E-state index contributed by atoms with van der Waals surface area (Å²) in [6.07, 6.45) is 5.76. The van der Waals surface area contributed by atoms with E-state index < -0.39 is 0 Å². The van der Waals surface area contributed by atoms with Crippen molar-refractivity contribution in [3.8, 4) is 0 Å². The van der Waals surface area contributed by atoms with Crippen molar-refractivity contribution in [1.82, 2.24) is 4.90 Å². The van der Waals surface area contributed by atoms with Crippen LogP contribution in [0.1, 0.15) is 25.7 Å². The van der Waals surface area contributed by atoms with Crippen LogP contribution in [0.4, 0.5) is 5.69 Å². The Balaban J connectivity index is 1.51. The normalized spacial score (nSPS) is 22.2. The van der Waals surface area contributed by atoms with Crippen molar-refractivity contribution in [2.45, 2.75) is 25.7 Å². The zero-order valence-electron chi connectivity index (χ0n) is 13.5. The van der Waals surface area contributed by atoms with E-state index in [1.165, 1.54) is 4.90 Å². The molecule has 1 fully saturated rings. The lowest BCUT2D eigenvalue weighted by molar-refractivity contribution is -0.140. The molecule has 132 valence electrons. The Labute approximate surface area is 156 Å². The van der Waals surface area contributed by atoms with E-state index in [1.807, 2.05) is 12.2 Å². The summed E-state index contributed by atoms with van der Waals surface area (Å²) in [5, 5.41) is 3.35. The van der Waals surface area contributed by atoms with Crippen LogP contribution in [-0.4, -0.2) is 29.2 Å². The molecular weight excluding hydrogens is 363 g/mol. The minimum Gasteiger partial charge on any atom is -0.325 e. The molecule has 0 aromatic heterocycles. The maximum Gasteiger partial charge on any atom is 0.233 e. The predicted octanol–water partition coefficient (Wildman–Crippen LogP) is 3.66. The quantitative estimate of drug-likeness (QED) is 0.625. The van der Waals surface area contributed by atoms with Gasteiger partial charge in [-0.1, -0.05) is 41.4 Å². The number of amides is 3. The summed E-state index contributed by atoms with van der Waals surface area (Å²) in [7, 11) is 0. The molecule has 0 spiro atoms. The topological polar surface area (TPSA) is 66.5 Å². The highest BCUT2D eigenvalue weighted by molar-refractivity contribution is 6.43. The van der Waals surface area contributed by atoms with Gasteiger partial charge in [-0.05, 0) is 31.4 Å². The smallest absolute Gasteiger partial charge is 0.233 e. The van der Waals surface area contributed by atoms with Gasteiger partial charge in [0, 0.05) is 13.0 Å². The molecule has 1 N–H and O–H groups in total. The largest absolute Gasteiger partial charge is 0.325 e. The van der Waals surface area contributed by atoms with E-state index >= 15 is 0 Å². The first-order valence-corrected chi connectivity index (χ1v) is 8.98. The lowest BCUT2D eigenvalue weighted by atomic mass is 9.85. The van der Waals surface area contributed by atoms with Crippen LogP contribution < -0.4 is 5.32 Å². The second kappa shape index (κ2) is 7.58. The van der Waals surface area contributed by atoms with E-state index in [1.54, 1.807) is 18.2 Å². The van der Waals surface area contributed by atoms with Gasteiger partial charge in [-0.2, -0.15) is 0 Å². The van der Waals surface area contributed by atoms with Crippen molar-refractivity contribution in [2.24, 2.45) is 11.8 Å². The molecule has 0 radical (unpaired) electrons. The number of imide groups is 1. The van der Waals surface area contributed by atoms with Crippen molar-refractivity contribution in [3.05, 3.63) is 40.4 Å². The van der Waals surface area contributed by atoms with Crippen molar-refractivity contribution in [3.63, 3.8) is 0 Å². The molecule has 0 unspecified atom stereocenters. The number of anilines is 1. The highest BCUT2D eigenvalue weighted by atomic mass is 35.5. The van der Waals surface area contributed by atoms with E-state index in [0.717, 1.165) is 0 Å². The number of nitrogens with one attached hydrogen (secondary N) is 1. The van der Waals surface area contributed by atoms with Gasteiger partial charge in [0.2, 0.25) is 17.7 Å². The summed E-state index contributed by atoms with van der Waals surface area (Å²) in [6.45, 7) is 0.265. The van der Waals surface area contributed by atoms with Gasteiger partial charge >= 0.3 is 0 Å². The number of halogens is 2. The van der Waals surface area contributed by atoms with Crippen LogP contribution in [0, 0.1) is 11.8 Å². The number of nitrogens with zero attached hydrogens (tertiary/aromatic N) is 1.